The van der Waals surface area contributed by atoms with Crippen LogP contribution in [0.5, 0.6) is 0 Å². The van der Waals surface area contributed by atoms with Crippen LogP contribution in [0.4, 0.5) is 0 Å². The Hall–Kier alpha value is -0.560. The van der Waals surface area contributed by atoms with E-state index in [4.69, 9.17) is 0 Å². The molecule has 0 nitrogen and oxygen atoms in total. The summed E-state index contributed by atoms with van der Waals surface area (Å²) >= 11 is 0. The van der Waals surface area contributed by atoms with E-state index in [1.165, 1.54) is 68.1 Å². The van der Waals surface area contributed by atoms with Gasteiger partial charge >= 0.3 is 29.6 Å². The van der Waals surface area contributed by atoms with E-state index in [-0.39, 0.29) is 31.0 Å². The minimum Gasteiger partial charge on any atom is -1.00 e. The maximum absolute atomic E-state index is 2.29. The first-order chi connectivity index (χ1) is 10.4. The van der Waals surface area contributed by atoms with Crippen LogP contribution in [-0.2, 0) is 6.42 Å². The summed E-state index contributed by atoms with van der Waals surface area (Å²) in [5, 5.41) is 0. The van der Waals surface area contributed by atoms with Crippen molar-refractivity contribution in [3.63, 3.8) is 0 Å². The van der Waals surface area contributed by atoms with Gasteiger partial charge in [-0.05, 0) is 29.5 Å². The summed E-state index contributed by atoms with van der Waals surface area (Å²) in [5.41, 5.74) is 4.25. The van der Waals surface area contributed by atoms with Crippen LogP contribution in [0, 0.1) is 0 Å². The zero-order valence-corrected chi connectivity index (χ0v) is 16.4. The molecule has 0 radical (unpaired) electrons. The van der Waals surface area contributed by atoms with Crippen molar-refractivity contribution in [1.82, 2.24) is 0 Å². The Morgan fingerprint density at radius 1 is 0.682 bits per heavy atom. The van der Waals surface area contributed by atoms with Gasteiger partial charge in [0.2, 0.25) is 0 Å². The van der Waals surface area contributed by atoms with Gasteiger partial charge in [0.25, 0.3) is 0 Å². The summed E-state index contributed by atoms with van der Waals surface area (Å²) in [7, 11) is 0. The summed E-state index contributed by atoms with van der Waals surface area (Å²) in [6.07, 6.45) is 10.8. The van der Waals surface area contributed by atoms with Crippen molar-refractivity contribution < 1.29 is 31.0 Å². The molecule has 0 fully saturated rings. The Morgan fingerprint density at radius 3 is 2.00 bits per heavy atom. The number of hydrogen-bond acceptors (Lipinski definition) is 0. The van der Waals surface area contributed by atoms with Gasteiger partial charge in [-0.3, -0.25) is 0 Å². The Balaban J connectivity index is 0.00000242. The molecular formula is C21H29Na. The molecule has 0 amide bonds. The molecule has 0 atom stereocenters. The van der Waals surface area contributed by atoms with Crippen molar-refractivity contribution in [3.8, 4) is 11.1 Å². The largest absolute Gasteiger partial charge is 1.00 e. The normalized spacial score (nSPS) is 10.2. The van der Waals surface area contributed by atoms with E-state index in [2.05, 4.69) is 61.5 Å². The zero-order valence-electron chi connectivity index (χ0n) is 15.4. The average molecular weight is 304 g/mol. The van der Waals surface area contributed by atoms with Crippen molar-refractivity contribution in [3.05, 3.63) is 60.2 Å². The molecule has 114 valence electrons. The quantitative estimate of drug-likeness (QED) is 0.489. The first-order valence-corrected chi connectivity index (χ1v) is 8.55. The van der Waals surface area contributed by atoms with Crippen molar-refractivity contribution in [2.24, 2.45) is 0 Å². The molecule has 0 heterocycles. The maximum Gasteiger partial charge on any atom is 1.00 e. The Bertz CT molecular complexity index is 510. The minimum atomic E-state index is 0. The number of hydrogen-bond donors (Lipinski definition) is 0. The van der Waals surface area contributed by atoms with Crippen LogP contribution in [0.15, 0.2) is 54.6 Å². The number of aryl methyl sites for hydroxylation is 1. The fraction of sp³-hybridized carbons (Fsp3) is 0.429. The van der Waals surface area contributed by atoms with Gasteiger partial charge in [0, 0.05) is 0 Å². The maximum atomic E-state index is 2.29. The smallest absolute Gasteiger partial charge is 1.00 e. The van der Waals surface area contributed by atoms with Crippen LogP contribution in [0.25, 0.3) is 11.1 Å². The van der Waals surface area contributed by atoms with Gasteiger partial charge in [0.15, 0.2) is 0 Å². The average Bonchev–Trinajstić information content (AvgIpc) is 2.55. The van der Waals surface area contributed by atoms with Crippen molar-refractivity contribution in [1.29, 1.82) is 0 Å². The minimum absolute atomic E-state index is 0. The van der Waals surface area contributed by atoms with Gasteiger partial charge in [-0.1, -0.05) is 100 Å². The summed E-state index contributed by atoms with van der Waals surface area (Å²) in [5.74, 6) is 0. The Labute approximate surface area is 160 Å². The monoisotopic (exact) mass is 304 g/mol. The fourth-order valence-corrected chi connectivity index (χ4v) is 2.91. The van der Waals surface area contributed by atoms with Gasteiger partial charge < -0.3 is 1.43 Å². The molecule has 0 saturated heterocycles. The van der Waals surface area contributed by atoms with Crippen molar-refractivity contribution in [2.45, 2.75) is 58.3 Å². The Kier molecular flexibility index (Phi) is 10.6. The van der Waals surface area contributed by atoms with Crippen LogP contribution in [0.1, 0.15) is 58.9 Å². The molecule has 22 heavy (non-hydrogen) atoms. The van der Waals surface area contributed by atoms with Crippen LogP contribution in [0.2, 0.25) is 0 Å². The van der Waals surface area contributed by atoms with Gasteiger partial charge in [-0.15, -0.1) is 0 Å². The molecule has 0 aliphatic rings. The van der Waals surface area contributed by atoms with Crippen molar-refractivity contribution >= 4 is 0 Å². The van der Waals surface area contributed by atoms with Crippen molar-refractivity contribution in [2.75, 3.05) is 0 Å². The van der Waals surface area contributed by atoms with Crippen LogP contribution in [0.3, 0.4) is 0 Å². The molecular weight excluding hydrogens is 275 g/mol. The van der Waals surface area contributed by atoms with Crippen LogP contribution < -0.4 is 29.6 Å². The molecule has 0 aliphatic heterocycles. The number of benzene rings is 2. The molecule has 0 spiro atoms. The second-order valence-electron chi connectivity index (χ2n) is 5.89. The van der Waals surface area contributed by atoms with E-state index in [0.29, 0.717) is 0 Å². The third-order valence-corrected chi connectivity index (χ3v) is 4.15. The molecule has 0 bridgehead atoms. The SMILES string of the molecule is CCCCCCCCCc1ccccc1-c1ccccc1.[H-].[Na+]. The predicted molar refractivity (Wildman–Crippen MR) is 94.7 cm³/mol. The second-order valence-corrected chi connectivity index (χ2v) is 5.89. The fourth-order valence-electron chi connectivity index (χ4n) is 2.91. The molecule has 0 unspecified atom stereocenters. The summed E-state index contributed by atoms with van der Waals surface area (Å²) in [6, 6.07) is 19.6. The van der Waals surface area contributed by atoms with Gasteiger partial charge in [-0.2, -0.15) is 0 Å². The van der Waals surface area contributed by atoms with Gasteiger partial charge in [0.1, 0.15) is 0 Å². The van der Waals surface area contributed by atoms with Crippen LogP contribution in [-0.4, -0.2) is 0 Å². The molecule has 0 aromatic heterocycles. The van der Waals surface area contributed by atoms with E-state index in [0.717, 1.165) is 0 Å². The van der Waals surface area contributed by atoms with Gasteiger partial charge in [0.05, 0.1) is 0 Å². The van der Waals surface area contributed by atoms with E-state index in [9.17, 15) is 0 Å². The molecule has 1 heteroatoms. The third-order valence-electron chi connectivity index (χ3n) is 4.15. The first kappa shape index (κ1) is 19.5. The summed E-state index contributed by atoms with van der Waals surface area (Å²) in [6.45, 7) is 2.28. The number of rotatable bonds is 9. The van der Waals surface area contributed by atoms with Crippen LogP contribution >= 0.6 is 0 Å². The molecule has 2 aromatic rings. The summed E-state index contributed by atoms with van der Waals surface area (Å²) < 4.78 is 0. The third kappa shape index (κ3) is 6.69. The molecule has 2 aromatic carbocycles. The van der Waals surface area contributed by atoms with E-state index in [1.54, 1.807) is 0 Å². The number of unbranched alkanes of at least 4 members (excludes halogenated alkanes) is 6. The molecule has 0 saturated carbocycles. The topological polar surface area (TPSA) is 0 Å². The second kappa shape index (κ2) is 11.9. The predicted octanol–water partition coefficient (Wildman–Crippen LogP) is 3.76. The molecule has 0 aliphatic carbocycles. The zero-order chi connectivity index (χ0) is 14.8. The van der Waals surface area contributed by atoms with E-state index >= 15 is 0 Å². The Morgan fingerprint density at radius 2 is 1.27 bits per heavy atom. The van der Waals surface area contributed by atoms with Gasteiger partial charge in [-0.25, -0.2) is 0 Å². The van der Waals surface area contributed by atoms with E-state index < -0.39 is 0 Å². The summed E-state index contributed by atoms with van der Waals surface area (Å²) in [4.78, 5) is 0. The standard InChI is InChI=1S/C21H28.Na.H/c1-2-3-4-5-6-7-9-14-20-17-12-13-18-21(20)19-15-10-8-11-16-19;;/h8,10-13,15-18H,2-7,9,14H2,1H3;;/q;+1;-1. The van der Waals surface area contributed by atoms with E-state index in [1.807, 2.05) is 0 Å². The first-order valence-electron chi connectivity index (χ1n) is 8.55. The molecule has 2 rings (SSSR count). The molecule has 0 N–H and O–H groups in total.